The molecule has 2 amide bonds. The summed E-state index contributed by atoms with van der Waals surface area (Å²) in [6, 6.07) is 20.1. The van der Waals surface area contributed by atoms with Crippen LogP contribution >= 0.6 is 11.8 Å². The molecule has 8 nitrogen and oxygen atoms in total. The summed E-state index contributed by atoms with van der Waals surface area (Å²) in [6.07, 6.45) is 0.703. The number of imide groups is 1. The van der Waals surface area contributed by atoms with Gasteiger partial charge in [-0.1, -0.05) is 36.4 Å². The first-order valence-corrected chi connectivity index (χ1v) is 12.7. The van der Waals surface area contributed by atoms with Crippen LogP contribution in [0.15, 0.2) is 88.3 Å². The van der Waals surface area contributed by atoms with Gasteiger partial charge < -0.3 is 14.8 Å². The second kappa shape index (κ2) is 11.8. The summed E-state index contributed by atoms with van der Waals surface area (Å²) < 4.78 is 9.89. The number of ether oxygens (including phenoxy) is 2. The molecule has 3 aromatic carbocycles. The Balaban J connectivity index is 1.65. The number of nitrogens with one attached hydrogen (secondary N) is 1. The van der Waals surface area contributed by atoms with Crippen molar-refractivity contribution < 1.29 is 28.7 Å². The molecule has 0 fully saturated rings. The number of nitrogens with zero attached hydrogens (tertiary/aromatic N) is 1. The molecular weight excluding hydrogens is 504 g/mol. The maximum atomic E-state index is 13.6. The zero-order valence-electron chi connectivity index (χ0n) is 21.1. The van der Waals surface area contributed by atoms with Crippen LogP contribution in [0.3, 0.4) is 0 Å². The number of amides is 2. The van der Waals surface area contributed by atoms with Crippen LogP contribution in [-0.2, 0) is 19.1 Å². The van der Waals surface area contributed by atoms with Crippen LogP contribution in [-0.4, -0.2) is 37.5 Å². The van der Waals surface area contributed by atoms with Gasteiger partial charge in [-0.15, -0.1) is 0 Å². The van der Waals surface area contributed by atoms with Crippen molar-refractivity contribution in [2.75, 3.05) is 23.9 Å². The molecule has 194 valence electrons. The van der Waals surface area contributed by atoms with Crippen molar-refractivity contribution in [1.82, 2.24) is 0 Å². The van der Waals surface area contributed by atoms with E-state index in [0.29, 0.717) is 35.5 Å². The van der Waals surface area contributed by atoms with E-state index in [1.54, 1.807) is 36.4 Å². The molecule has 1 aliphatic rings. The van der Waals surface area contributed by atoms with Crippen molar-refractivity contribution >= 4 is 46.9 Å². The van der Waals surface area contributed by atoms with Gasteiger partial charge >= 0.3 is 11.9 Å². The van der Waals surface area contributed by atoms with Crippen molar-refractivity contribution in [3.05, 3.63) is 100 Å². The molecule has 0 saturated heterocycles. The molecule has 4 rings (SSSR count). The number of carbonyl (C=O) groups is 4. The second-order valence-electron chi connectivity index (χ2n) is 8.44. The van der Waals surface area contributed by atoms with Crippen molar-refractivity contribution in [3.63, 3.8) is 0 Å². The van der Waals surface area contributed by atoms with Gasteiger partial charge in [-0.25, -0.2) is 14.5 Å². The van der Waals surface area contributed by atoms with E-state index in [4.69, 9.17) is 9.47 Å². The summed E-state index contributed by atoms with van der Waals surface area (Å²) in [6.45, 7) is 4.18. The maximum Gasteiger partial charge on any atom is 0.338 e. The predicted octanol–water partition coefficient (Wildman–Crippen LogP) is 5.34. The molecule has 9 heteroatoms. The van der Waals surface area contributed by atoms with Gasteiger partial charge in [0.05, 0.1) is 30.5 Å². The van der Waals surface area contributed by atoms with Gasteiger partial charge in [0.1, 0.15) is 10.6 Å². The average molecular weight is 531 g/mol. The van der Waals surface area contributed by atoms with Gasteiger partial charge in [-0.2, -0.15) is 0 Å². The van der Waals surface area contributed by atoms with Crippen LogP contribution in [0.2, 0.25) is 0 Å². The quantitative estimate of drug-likeness (QED) is 0.292. The molecule has 0 bridgehead atoms. The maximum absolute atomic E-state index is 13.6. The fourth-order valence-corrected chi connectivity index (χ4v) is 4.58. The smallest absolute Gasteiger partial charge is 0.338 e. The fourth-order valence-electron chi connectivity index (χ4n) is 3.65. The SMILES string of the molecule is CCCOC(=O)c1ccc(N2C(=O)C(Nc3ccc(C(=O)OC)cc3)=C(Sc3ccc(C)cc3)C2=O)cc1. The van der Waals surface area contributed by atoms with E-state index in [1.807, 2.05) is 38.1 Å². The Morgan fingerprint density at radius 3 is 2.05 bits per heavy atom. The lowest BCUT2D eigenvalue weighted by Crippen LogP contribution is -2.32. The van der Waals surface area contributed by atoms with E-state index in [-0.39, 0.29) is 10.6 Å². The standard InChI is InChI=1S/C29H26N2O6S/c1-4-17-37-29(35)20-9-13-22(14-10-20)31-26(32)24(30-21-11-7-19(8-12-21)28(34)36-3)25(27(31)33)38-23-15-5-18(2)6-16-23/h5-16,30H,4,17H2,1-3H3. The molecule has 0 radical (unpaired) electrons. The number of thioether (sulfide) groups is 1. The van der Waals surface area contributed by atoms with Gasteiger partial charge in [-0.05, 0) is 74.0 Å². The molecule has 1 heterocycles. The molecule has 0 spiro atoms. The van der Waals surface area contributed by atoms with Crippen LogP contribution in [0, 0.1) is 6.92 Å². The van der Waals surface area contributed by atoms with E-state index in [2.05, 4.69) is 5.32 Å². The third-order valence-corrected chi connectivity index (χ3v) is 6.75. The highest BCUT2D eigenvalue weighted by atomic mass is 32.2. The number of hydrogen-bond donors (Lipinski definition) is 1. The Labute approximate surface area is 224 Å². The molecule has 0 aromatic heterocycles. The van der Waals surface area contributed by atoms with Crippen LogP contribution in [0.25, 0.3) is 0 Å². The van der Waals surface area contributed by atoms with Gasteiger partial charge in [0, 0.05) is 10.6 Å². The monoisotopic (exact) mass is 530 g/mol. The predicted molar refractivity (Wildman–Crippen MR) is 145 cm³/mol. The Kier molecular flexibility index (Phi) is 8.28. The summed E-state index contributed by atoms with van der Waals surface area (Å²) in [5.41, 5.74) is 2.71. The number of esters is 2. The highest BCUT2D eigenvalue weighted by molar-refractivity contribution is 8.04. The summed E-state index contributed by atoms with van der Waals surface area (Å²) in [7, 11) is 1.30. The highest BCUT2D eigenvalue weighted by Gasteiger charge is 2.40. The number of rotatable bonds is 9. The Bertz CT molecular complexity index is 1400. The Morgan fingerprint density at radius 2 is 1.45 bits per heavy atom. The summed E-state index contributed by atoms with van der Waals surface area (Å²) in [5, 5.41) is 3.06. The van der Waals surface area contributed by atoms with Gasteiger partial charge in [0.25, 0.3) is 11.8 Å². The van der Waals surface area contributed by atoms with E-state index >= 15 is 0 Å². The number of aryl methyl sites for hydroxylation is 1. The second-order valence-corrected chi connectivity index (χ2v) is 9.53. The number of hydrogen-bond acceptors (Lipinski definition) is 8. The molecule has 0 saturated carbocycles. The number of anilines is 2. The largest absolute Gasteiger partial charge is 0.465 e. The molecule has 0 atom stereocenters. The lowest BCUT2D eigenvalue weighted by Gasteiger charge is -2.16. The minimum atomic E-state index is -0.539. The molecular formula is C29H26N2O6S. The third-order valence-electron chi connectivity index (χ3n) is 5.66. The van der Waals surface area contributed by atoms with Crippen LogP contribution in [0.1, 0.15) is 39.6 Å². The van der Waals surface area contributed by atoms with Gasteiger partial charge in [-0.3, -0.25) is 9.59 Å². The first kappa shape index (κ1) is 26.7. The van der Waals surface area contributed by atoms with E-state index < -0.39 is 23.8 Å². The zero-order valence-corrected chi connectivity index (χ0v) is 22.0. The van der Waals surface area contributed by atoms with E-state index in [0.717, 1.165) is 15.4 Å². The van der Waals surface area contributed by atoms with E-state index in [9.17, 15) is 19.2 Å². The van der Waals surface area contributed by atoms with Crippen molar-refractivity contribution in [2.24, 2.45) is 0 Å². The van der Waals surface area contributed by atoms with Gasteiger partial charge in [0.15, 0.2) is 0 Å². The van der Waals surface area contributed by atoms with Crippen LogP contribution in [0.5, 0.6) is 0 Å². The third kappa shape index (κ3) is 5.78. The first-order valence-electron chi connectivity index (χ1n) is 11.9. The van der Waals surface area contributed by atoms with Crippen molar-refractivity contribution in [1.29, 1.82) is 0 Å². The van der Waals surface area contributed by atoms with Gasteiger partial charge in [0.2, 0.25) is 0 Å². The lowest BCUT2D eigenvalue weighted by atomic mass is 10.2. The average Bonchev–Trinajstić information content (AvgIpc) is 3.16. The normalized spacial score (nSPS) is 13.1. The lowest BCUT2D eigenvalue weighted by molar-refractivity contribution is -0.120. The van der Waals surface area contributed by atoms with E-state index in [1.165, 1.54) is 31.0 Å². The summed E-state index contributed by atoms with van der Waals surface area (Å²) in [5.74, 6) is -1.98. The minimum absolute atomic E-state index is 0.109. The molecule has 3 aromatic rings. The molecule has 0 unspecified atom stereocenters. The van der Waals surface area contributed by atoms with Crippen LogP contribution < -0.4 is 10.2 Å². The Morgan fingerprint density at radius 1 is 0.842 bits per heavy atom. The Hall–Kier alpha value is -4.37. The summed E-state index contributed by atoms with van der Waals surface area (Å²) in [4.78, 5) is 53.2. The van der Waals surface area contributed by atoms with Crippen molar-refractivity contribution in [3.8, 4) is 0 Å². The molecule has 1 aliphatic heterocycles. The molecule has 38 heavy (non-hydrogen) atoms. The van der Waals surface area contributed by atoms with Crippen LogP contribution in [0.4, 0.5) is 11.4 Å². The summed E-state index contributed by atoms with van der Waals surface area (Å²) >= 11 is 1.18. The highest BCUT2D eigenvalue weighted by Crippen LogP contribution is 2.38. The number of carbonyl (C=O) groups excluding carboxylic acids is 4. The number of benzene rings is 3. The number of methoxy groups -OCH3 is 1. The topological polar surface area (TPSA) is 102 Å². The first-order chi connectivity index (χ1) is 18.3. The molecule has 1 N–H and O–H groups in total. The zero-order chi connectivity index (χ0) is 27.2. The molecule has 0 aliphatic carbocycles. The fraction of sp³-hybridized carbons (Fsp3) is 0.172. The minimum Gasteiger partial charge on any atom is -0.465 e. The van der Waals surface area contributed by atoms with Crippen molar-refractivity contribution in [2.45, 2.75) is 25.2 Å².